The lowest BCUT2D eigenvalue weighted by molar-refractivity contribution is 0.0956. The highest BCUT2D eigenvalue weighted by Crippen LogP contribution is 2.37. The van der Waals surface area contributed by atoms with E-state index in [0.29, 0.717) is 44.4 Å². The Labute approximate surface area is 245 Å². The van der Waals surface area contributed by atoms with Crippen molar-refractivity contribution < 1.29 is 14.3 Å². The van der Waals surface area contributed by atoms with Crippen LogP contribution in [0, 0.1) is 0 Å². The van der Waals surface area contributed by atoms with E-state index >= 15 is 0 Å². The molecule has 40 heavy (non-hydrogen) atoms. The van der Waals surface area contributed by atoms with Crippen LogP contribution in [0.5, 0.6) is 11.5 Å². The molecule has 0 fully saturated rings. The first-order chi connectivity index (χ1) is 19.5. The summed E-state index contributed by atoms with van der Waals surface area (Å²) in [5.41, 5.74) is 7.10. The van der Waals surface area contributed by atoms with Gasteiger partial charge in [-0.3, -0.25) is 4.79 Å². The second-order valence-corrected chi connectivity index (χ2v) is 10.0. The fourth-order valence-electron chi connectivity index (χ4n) is 4.18. The van der Waals surface area contributed by atoms with Gasteiger partial charge in [0.2, 0.25) is 0 Å². The molecule has 5 rings (SSSR count). The van der Waals surface area contributed by atoms with Crippen LogP contribution >= 0.6 is 27.5 Å². The monoisotopic (exact) mass is 613 g/mol. The third-order valence-corrected chi connectivity index (χ3v) is 7.03. The number of hydrazone groups is 1. The highest BCUT2D eigenvalue weighted by molar-refractivity contribution is 9.10. The zero-order valence-corrected chi connectivity index (χ0v) is 23.9. The van der Waals surface area contributed by atoms with Crippen molar-refractivity contribution >= 4 is 50.6 Å². The average Bonchev–Trinajstić information content (AvgIpc) is 2.97. The van der Waals surface area contributed by atoms with Crippen molar-refractivity contribution in [2.45, 2.75) is 13.5 Å². The first kappa shape index (κ1) is 27.4. The number of fused-ring (bicyclic) bond motifs is 1. The molecule has 1 N–H and O–H groups in total. The summed E-state index contributed by atoms with van der Waals surface area (Å²) in [6.07, 6.45) is 1.56. The molecular formula is C32H25BrClN3O3. The van der Waals surface area contributed by atoms with E-state index in [1.807, 2.05) is 91.9 Å². The Kier molecular flexibility index (Phi) is 8.74. The molecule has 6 nitrogen and oxygen atoms in total. The van der Waals surface area contributed by atoms with E-state index in [1.54, 1.807) is 18.3 Å². The third-order valence-electron chi connectivity index (χ3n) is 6.07. The van der Waals surface area contributed by atoms with E-state index in [1.165, 1.54) is 0 Å². The highest BCUT2D eigenvalue weighted by atomic mass is 79.9. The number of amides is 1. The van der Waals surface area contributed by atoms with Crippen molar-refractivity contribution in [2.75, 3.05) is 6.61 Å². The van der Waals surface area contributed by atoms with Gasteiger partial charge in [-0.2, -0.15) is 5.10 Å². The van der Waals surface area contributed by atoms with Gasteiger partial charge < -0.3 is 9.47 Å². The van der Waals surface area contributed by atoms with Gasteiger partial charge in [-0.15, -0.1) is 0 Å². The minimum Gasteiger partial charge on any atom is -0.490 e. The molecule has 0 bridgehead atoms. The van der Waals surface area contributed by atoms with Crippen LogP contribution in [-0.2, 0) is 6.61 Å². The second kappa shape index (κ2) is 12.8. The lowest BCUT2D eigenvalue weighted by Crippen LogP contribution is -2.18. The highest BCUT2D eigenvalue weighted by Gasteiger charge is 2.15. The van der Waals surface area contributed by atoms with Gasteiger partial charge in [0, 0.05) is 21.5 Å². The van der Waals surface area contributed by atoms with Crippen molar-refractivity contribution in [3.8, 4) is 22.8 Å². The smallest absolute Gasteiger partial charge is 0.272 e. The molecule has 0 aliphatic carbocycles. The molecule has 1 aromatic heterocycles. The zero-order chi connectivity index (χ0) is 27.9. The number of pyridine rings is 1. The van der Waals surface area contributed by atoms with E-state index in [4.69, 9.17) is 26.1 Å². The number of ether oxygens (including phenoxy) is 2. The van der Waals surface area contributed by atoms with Crippen LogP contribution in [0.2, 0.25) is 5.02 Å². The lowest BCUT2D eigenvalue weighted by Gasteiger charge is -2.15. The molecule has 1 heterocycles. The van der Waals surface area contributed by atoms with Gasteiger partial charge in [0.25, 0.3) is 5.91 Å². The third kappa shape index (κ3) is 6.33. The molecule has 0 saturated heterocycles. The number of carbonyl (C=O) groups excluding carboxylic acids is 1. The lowest BCUT2D eigenvalue weighted by atomic mass is 10.0. The Morgan fingerprint density at radius 2 is 1.73 bits per heavy atom. The van der Waals surface area contributed by atoms with Gasteiger partial charge in [0.05, 0.1) is 34.1 Å². The van der Waals surface area contributed by atoms with Crippen molar-refractivity contribution in [3.05, 3.63) is 123 Å². The Hall–Kier alpha value is -4.20. The van der Waals surface area contributed by atoms with Crippen molar-refractivity contribution in [1.29, 1.82) is 0 Å². The number of rotatable bonds is 9. The molecule has 200 valence electrons. The summed E-state index contributed by atoms with van der Waals surface area (Å²) in [6.45, 7) is 2.63. The van der Waals surface area contributed by atoms with E-state index in [-0.39, 0.29) is 12.5 Å². The van der Waals surface area contributed by atoms with E-state index < -0.39 is 0 Å². The number of halogens is 2. The van der Waals surface area contributed by atoms with E-state index in [0.717, 1.165) is 22.0 Å². The van der Waals surface area contributed by atoms with Crippen LogP contribution in [0.15, 0.2) is 107 Å². The molecule has 5 aromatic rings. The fourth-order valence-corrected chi connectivity index (χ4v) is 4.94. The number of benzene rings is 4. The van der Waals surface area contributed by atoms with E-state index in [9.17, 15) is 4.79 Å². The molecular weight excluding hydrogens is 590 g/mol. The molecule has 0 spiro atoms. The predicted molar refractivity (Wildman–Crippen MR) is 163 cm³/mol. The number of aromatic nitrogens is 1. The standard InChI is InChI=1S/C32H25BrClN3O3/c1-2-39-30-17-21(16-26(33)31(30)40-20-23-12-6-8-14-27(23)34)19-35-37-32(38)25-18-29(22-10-4-3-5-11-22)36-28-15-9-7-13-24(25)28/h3-19H,2,20H2,1H3,(H,37,38)/b35-19-. The van der Waals surface area contributed by atoms with Gasteiger partial charge in [0.1, 0.15) is 6.61 Å². The van der Waals surface area contributed by atoms with Crippen LogP contribution in [0.1, 0.15) is 28.4 Å². The van der Waals surface area contributed by atoms with Crippen LogP contribution < -0.4 is 14.9 Å². The maximum absolute atomic E-state index is 13.3. The van der Waals surface area contributed by atoms with Gasteiger partial charge >= 0.3 is 0 Å². The average molecular weight is 615 g/mol. The molecule has 0 unspecified atom stereocenters. The minimum atomic E-state index is -0.337. The van der Waals surface area contributed by atoms with E-state index in [2.05, 4.69) is 26.5 Å². The Morgan fingerprint density at radius 1 is 0.975 bits per heavy atom. The summed E-state index contributed by atoms with van der Waals surface area (Å²) in [6, 6.07) is 30.3. The first-order valence-electron chi connectivity index (χ1n) is 12.6. The summed E-state index contributed by atoms with van der Waals surface area (Å²) in [4.78, 5) is 18.0. The first-order valence-corrected chi connectivity index (χ1v) is 13.8. The number of para-hydroxylation sites is 1. The summed E-state index contributed by atoms with van der Waals surface area (Å²) < 4.78 is 12.6. The Bertz CT molecular complexity index is 1690. The number of hydrogen-bond acceptors (Lipinski definition) is 5. The van der Waals surface area contributed by atoms with Gasteiger partial charge in [-0.05, 0) is 58.7 Å². The van der Waals surface area contributed by atoms with Crippen LogP contribution in [0.4, 0.5) is 0 Å². The maximum Gasteiger partial charge on any atom is 0.272 e. The van der Waals surface area contributed by atoms with Gasteiger partial charge in [0.15, 0.2) is 11.5 Å². The normalized spacial score (nSPS) is 11.1. The number of nitrogens with zero attached hydrogens (tertiary/aromatic N) is 2. The van der Waals surface area contributed by atoms with Crippen molar-refractivity contribution in [2.24, 2.45) is 5.10 Å². The van der Waals surface area contributed by atoms with Crippen LogP contribution in [0.25, 0.3) is 22.2 Å². The van der Waals surface area contributed by atoms with Crippen LogP contribution in [0.3, 0.4) is 0 Å². The summed E-state index contributed by atoms with van der Waals surface area (Å²) in [5, 5.41) is 5.60. The number of hydrogen-bond donors (Lipinski definition) is 1. The summed E-state index contributed by atoms with van der Waals surface area (Å²) in [5.74, 6) is 0.764. The molecule has 1 amide bonds. The zero-order valence-electron chi connectivity index (χ0n) is 21.6. The van der Waals surface area contributed by atoms with Crippen molar-refractivity contribution in [3.63, 3.8) is 0 Å². The molecule has 8 heteroatoms. The molecule has 0 saturated carbocycles. The quantitative estimate of drug-likeness (QED) is 0.135. The van der Waals surface area contributed by atoms with Crippen molar-refractivity contribution in [1.82, 2.24) is 10.4 Å². The molecule has 0 aliphatic rings. The molecule has 4 aromatic carbocycles. The molecule has 0 atom stereocenters. The SMILES string of the molecule is CCOc1cc(/C=N\NC(=O)c2cc(-c3ccccc3)nc3ccccc23)cc(Br)c1OCc1ccccc1Cl. The largest absolute Gasteiger partial charge is 0.490 e. The predicted octanol–water partition coefficient (Wildman–Crippen LogP) is 8.06. The Morgan fingerprint density at radius 3 is 2.52 bits per heavy atom. The summed E-state index contributed by atoms with van der Waals surface area (Å²) >= 11 is 9.86. The van der Waals surface area contributed by atoms with Gasteiger partial charge in [-0.1, -0.05) is 78.3 Å². The van der Waals surface area contributed by atoms with Crippen LogP contribution in [-0.4, -0.2) is 23.7 Å². The molecule has 0 radical (unpaired) electrons. The number of carbonyl (C=O) groups is 1. The van der Waals surface area contributed by atoms with Gasteiger partial charge in [-0.25, -0.2) is 10.4 Å². The topological polar surface area (TPSA) is 72.8 Å². The maximum atomic E-state index is 13.3. The fraction of sp³-hybridized carbons (Fsp3) is 0.0938. The molecule has 0 aliphatic heterocycles. The number of nitrogens with one attached hydrogen (secondary N) is 1. The Balaban J connectivity index is 1.37. The second-order valence-electron chi connectivity index (χ2n) is 8.78. The summed E-state index contributed by atoms with van der Waals surface area (Å²) in [7, 11) is 0. The minimum absolute atomic E-state index is 0.284.